The first-order valence-electron chi connectivity index (χ1n) is 14.6. The molecule has 0 unspecified atom stereocenters. The molecule has 0 bridgehead atoms. The van der Waals surface area contributed by atoms with Crippen LogP contribution >= 0.6 is 0 Å². The van der Waals surface area contributed by atoms with E-state index in [1.54, 1.807) is 32.9 Å². The van der Waals surface area contributed by atoms with Crippen LogP contribution < -0.4 is 5.32 Å². The predicted octanol–water partition coefficient (Wildman–Crippen LogP) is 7.45. The van der Waals surface area contributed by atoms with Crippen molar-refractivity contribution in [3.63, 3.8) is 0 Å². The second-order valence-electron chi connectivity index (χ2n) is 11.6. The molecule has 0 aromatic heterocycles. The Labute approximate surface area is 231 Å². The average molecular weight is 554 g/mol. The van der Waals surface area contributed by atoms with Gasteiger partial charge in [0.05, 0.1) is 23.6 Å². The lowest BCUT2D eigenvalue weighted by atomic mass is 10.0. The number of nitrogens with one attached hydrogen (secondary N) is 1. The maximum atomic E-state index is 13.1. The number of unbranched alkanes of at least 4 members (excludes halogenated alkanes) is 11. The summed E-state index contributed by atoms with van der Waals surface area (Å²) >= 11 is 0. The SMILES string of the molecule is CCCCCCCCCCCCCC[C@@H]1OC[C@H](NC(=O)OC(C)(C)C)[C@H]1OS(=O)(=O)c1ccc(C)cc1. The molecule has 2 rings (SSSR count). The molecule has 1 aromatic rings. The molecule has 0 radical (unpaired) electrons. The topological polar surface area (TPSA) is 90.9 Å². The first-order valence-corrected chi connectivity index (χ1v) is 16.0. The van der Waals surface area contributed by atoms with Gasteiger partial charge in [-0.15, -0.1) is 0 Å². The third kappa shape index (κ3) is 12.5. The van der Waals surface area contributed by atoms with Gasteiger partial charge < -0.3 is 14.8 Å². The highest BCUT2D eigenvalue weighted by atomic mass is 32.2. The summed E-state index contributed by atoms with van der Waals surface area (Å²) in [7, 11) is -4.03. The van der Waals surface area contributed by atoms with Crippen LogP contribution in [0, 0.1) is 6.92 Å². The van der Waals surface area contributed by atoms with Crippen LogP contribution in [0.15, 0.2) is 29.2 Å². The summed E-state index contributed by atoms with van der Waals surface area (Å²) in [5.74, 6) is 0. The van der Waals surface area contributed by atoms with E-state index in [-0.39, 0.29) is 11.5 Å². The van der Waals surface area contributed by atoms with Crippen LogP contribution in [-0.4, -0.2) is 45.0 Å². The first kappa shape index (κ1) is 32.6. The summed E-state index contributed by atoms with van der Waals surface area (Å²) in [6, 6.07) is 5.93. The van der Waals surface area contributed by atoms with Gasteiger partial charge >= 0.3 is 6.09 Å². The van der Waals surface area contributed by atoms with E-state index in [4.69, 9.17) is 13.7 Å². The van der Waals surface area contributed by atoms with Crippen LogP contribution in [0.2, 0.25) is 0 Å². The Hall–Kier alpha value is -1.64. The number of carbonyl (C=O) groups is 1. The Balaban J connectivity index is 1.85. The monoisotopic (exact) mass is 553 g/mol. The highest BCUT2D eigenvalue weighted by Gasteiger charge is 2.42. The van der Waals surface area contributed by atoms with E-state index < -0.39 is 40.1 Å². The molecule has 1 N–H and O–H groups in total. The van der Waals surface area contributed by atoms with Gasteiger partial charge in [0.1, 0.15) is 11.7 Å². The summed E-state index contributed by atoms with van der Waals surface area (Å²) in [4.78, 5) is 12.5. The minimum absolute atomic E-state index is 0.0927. The quantitative estimate of drug-likeness (QED) is 0.159. The first-order chi connectivity index (χ1) is 18.0. The molecule has 8 heteroatoms. The Morgan fingerprint density at radius 1 is 0.921 bits per heavy atom. The zero-order valence-electron chi connectivity index (χ0n) is 24.3. The van der Waals surface area contributed by atoms with Crippen LogP contribution in [0.3, 0.4) is 0 Å². The largest absolute Gasteiger partial charge is 0.444 e. The molecule has 0 spiro atoms. The molecular formula is C30H51NO6S. The van der Waals surface area contributed by atoms with E-state index >= 15 is 0 Å². The number of alkyl carbamates (subject to hydrolysis) is 1. The lowest BCUT2D eigenvalue weighted by molar-refractivity contribution is 0.0426. The van der Waals surface area contributed by atoms with E-state index in [1.165, 1.54) is 69.9 Å². The average Bonchev–Trinajstić information content (AvgIpc) is 3.19. The van der Waals surface area contributed by atoms with Crippen molar-refractivity contribution >= 4 is 16.2 Å². The van der Waals surface area contributed by atoms with Crippen LogP contribution in [0.5, 0.6) is 0 Å². The minimum atomic E-state index is -4.03. The molecular weight excluding hydrogens is 502 g/mol. The molecule has 1 heterocycles. The molecule has 1 saturated heterocycles. The molecule has 218 valence electrons. The fourth-order valence-electron chi connectivity index (χ4n) is 4.73. The standard InChI is InChI=1S/C30H51NO6S/c1-6-7-8-9-10-11-12-13-14-15-16-17-18-27-28(26(23-35-27)31-29(32)36-30(3,4)5)37-38(33,34)25-21-19-24(2)20-22-25/h19-22,26-28H,6-18,23H2,1-5H3,(H,31,32)/t26-,27-,28+/m0/s1. The summed E-state index contributed by atoms with van der Waals surface area (Å²) in [5.41, 5.74) is 0.296. The number of ether oxygens (including phenoxy) is 2. The van der Waals surface area contributed by atoms with Gasteiger partial charge in [-0.05, 0) is 46.2 Å². The Bertz CT molecular complexity index is 910. The van der Waals surface area contributed by atoms with Crippen molar-refractivity contribution in [1.29, 1.82) is 0 Å². The van der Waals surface area contributed by atoms with Crippen LogP contribution in [-0.2, 0) is 23.8 Å². The van der Waals surface area contributed by atoms with Crippen molar-refractivity contribution in [2.75, 3.05) is 6.61 Å². The molecule has 1 amide bonds. The van der Waals surface area contributed by atoms with Gasteiger partial charge in [-0.3, -0.25) is 4.18 Å². The zero-order valence-corrected chi connectivity index (χ0v) is 25.1. The van der Waals surface area contributed by atoms with Gasteiger partial charge in [0.2, 0.25) is 0 Å². The number of hydrogen-bond donors (Lipinski definition) is 1. The van der Waals surface area contributed by atoms with Crippen molar-refractivity contribution in [1.82, 2.24) is 5.32 Å². The summed E-state index contributed by atoms with van der Waals surface area (Å²) in [6.45, 7) is 9.67. The highest BCUT2D eigenvalue weighted by molar-refractivity contribution is 7.86. The highest BCUT2D eigenvalue weighted by Crippen LogP contribution is 2.27. The van der Waals surface area contributed by atoms with Gasteiger partial charge in [-0.25, -0.2) is 4.79 Å². The van der Waals surface area contributed by atoms with Crippen molar-refractivity contribution in [3.05, 3.63) is 29.8 Å². The maximum Gasteiger partial charge on any atom is 0.408 e. The number of aryl methyl sites for hydroxylation is 1. The Kier molecular flexibility index (Phi) is 14.1. The van der Waals surface area contributed by atoms with Gasteiger partial charge in [0, 0.05) is 0 Å². The summed E-state index contributed by atoms with van der Waals surface area (Å²) in [5, 5.41) is 2.77. The molecule has 0 saturated carbocycles. The number of carbonyl (C=O) groups excluding carboxylic acids is 1. The molecule has 7 nitrogen and oxygen atoms in total. The summed E-state index contributed by atoms with van der Waals surface area (Å²) in [6.07, 6.45) is 13.9. The van der Waals surface area contributed by atoms with Crippen LogP contribution in [0.4, 0.5) is 4.79 Å². The molecule has 1 aliphatic rings. The number of rotatable bonds is 17. The molecule has 1 aliphatic heterocycles. The molecule has 3 atom stereocenters. The van der Waals surface area contributed by atoms with E-state index in [9.17, 15) is 13.2 Å². The normalized spacial score (nSPS) is 20.0. The molecule has 38 heavy (non-hydrogen) atoms. The number of hydrogen-bond acceptors (Lipinski definition) is 6. The Morgan fingerprint density at radius 2 is 1.45 bits per heavy atom. The third-order valence-corrected chi connectivity index (χ3v) is 8.17. The fraction of sp³-hybridized carbons (Fsp3) is 0.767. The van der Waals surface area contributed by atoms with E-state index in [0.29, 0.717) is 6.42 Å². The van der Waals surface area contributed by atoms with Crippen molar-refractivity contribution < 1.29 is 26.9 Å². The lowest BCUT2D eigenvalue weighted by Gasteiger charge is -2.25. The van der Waals surface area contributed by atoms with Crippen molar-refractivity contribution in [2.45, 2.75) is 147 Å². The lowest BCUT2D eigenvalue weighted by Crippen LogP contribution is -2.48. The third-order valence-electron chi connectivity index (χ3n) is 6.84. The van der Waals surface area contributed by atoms with Gasteiger partial charge in [-0.1, -0.05) is 102 Å². The second kappa shape index (κ2) is 16.5. The fourth-order valence-corrected chi connectivity index (χ4v) is 5.86. The van der Waals surface area contributed by atoms with E-state index in [1.807, 2.05) is 6.92 Å². The smallest absolute Gasteiger partial charge is 0.408 e. The van der Waals surface area contributed by atoms with E-state index in [0.717, 1.165) is 24.8 Å². The summed E-state index contributed by atoms with van der Waals surface area (Å²) < 4.78 is 43.2. The number of amides is 1. The van der Waals surface area contributed by atoms with Crippen LogP contribution in [0.1, 0.15) is 117 Å². The Morgan fingerprint density at radius 3 is 1.97 bits per heavy atom. The second-order valence-corrected chi connectivity index (χ2v) is 13.2. The van der Waals surface area contributed by atoms with E-state index in [2.05, 4.69) is 12.2 Å². The minimum Gasteiger partial charge on any atom is -0.444 e. The maximum absolute atomic E-state index is 13.1. The van der Waals surface area contributed by atoms with Crippen LogP contribution in [0.25, 0.3) is 0 Å². The molecule has 1 aromatic carbocycles. The van der Waals surface area contributed by atoms with Gasteiger partial charge in [0.25, 0.3) is 10.1 Å². The molecule has 1 fully saturated rings. The van der Waals surface area contributed by atoms with Gasteiger partial charge in [0.15, 0.2) is 0 Å². The zero-order chi connectivity index (χ0) is 28.0. The van der Waals surface area contributed by atoms with Crippen molar-refractivity contribution in [2.24, 2.45) is 0 Å². The van der Waals surface area contributed by atoms with Crippen molar-refractivity contribution in [3.8, 4) is 0 Å². The van der Waals surface area contributed by atoms with Gasteiger partial charge in [-0.2, -0.15) is 8.42 Å². The number of benzene rings is 1. The predicted molar refractivity (Wildman–Crippen MR) is 152 cm³/mol. The molecule has 0 aliphatic carbocycles.